The summed E-state index contributed by atoms with van der Waals surface area (Å²) in [7, 11) is 0. The van der Waals surface area contributed by atoms with Crippen LogP contribution in [-0.2, 0) is 6.54 Å². The average Bonchev–Trinajstić information content (AvgIpc) is 2.80. The van der Waals surface area contributed by atoms with Crippen molar-refractivity contribution in [3.8, 4) is 11.4 Å². The lowest BCUT2D eigenvalue weighted by Crippen LogP contribution is -2.27. The molecule has 0 fully saturated rings. The van der Waals surface area contributed by atoms with E-state index in [1.54, 1.807) is 6.20 Å². The van der Waals surface area contributed by atoms with Gasteiger partial charge in [0.25, 0.3) is 5.91 Å². The van der Waals surface area contributed by atoms with Crippen LogP contribution < -0.4 is 10.7 Å². The van der Waals surface area contributed by atoms with E-state index in [0.717, 1.165) is 22.4 Å². The minimum absolute atomic E-state index is 0.0901. The van der Waals surface area contributed by atoms with Gasteiger partial charge in [0.2, 0.25) is 0 Å². The molecular weight excluding hydrogens is 410 g/mol. The third kappa shape index (κ3) is 4.62. The van der Waals surface area contributed by atoms with E-state index in [0.29, 0.717) is 23.6 Å². The van der Waals surface area contributed by atoms with Gasteiger partial charge >= 0.3 is 0 Å². The molecule has 0 aliphatic heterocycles. The summed E-state index contributed by atoms with van der Waals surface area (Å²) in [5.41, 5.74) is 6.61. The van der Waals surface area contributed by atoms with Gasteiger partial charge in [-0.05, 0) is 62.6 Å². The number of benzene rings is 2. The van der Waals surface area contributed by atoms with Gasteiger partial charge in [0, 0.05) is 30.2 Å². The van der Waals surface area contributed by atoms with Crippen LogP contribution in [-0.4, -0.2) is 15.5 Å². The first kappa shape index (κ1) is 22.2. The zero-order valence-electron chi connectivity index (χ0n) is 19.3. The number of aryl methyl sites for hydroxylation is 3. The largest absolute Gasteiger partial charge is 0.338 e. The smallest absolute Gasteiger partial charge is 0.261 e. The van der Waals surface area contributed by atoms with Gasteiger partial charge in [-0.25, -0.2) is 0 Å². The first-order chi connectivity index (χ1) is 15.8. The summed E-state index contributed by atoms with van der Waals surface area (Å²) in [5, 5.41) is 2.96. The monoisotopic (exact) mass is 437 g/mol. The maximum atomic E-state index is 13.5. The molecule has 33 heavy (non-hydrogen) atoms. The molecule has 2 aromatic heterocycles. The molecule has 0 saturated heterocycles. The van der Waals surface area contributed by atoms with Crippen LogP contribution in [0.25, 0.3) is 11.4 Å². The topological polar surface area (TPSA) is 64.0 Å². The lowest BCUT2D eigenvalue weighted by atomic mass is 10.0. The van der Waals surface area contributed by atoms with Crippen molar-refractivity contribution in [3.05, 3.63) is 117 Å². The highest BCUT2D eigenvalue weighted by molar-refractivity contribution is 6.08. The quantitative estimate of drug-likeness (QED) is 0.452. The summed E-state index contributed by atoms with van der Waals surface area (Å²) in [6.07, 6.45) is 1.67. The van der Waals surface area contributed by atoms with E-state index in [-0.39, 0.29) is 11.0 Å². The molecule has 1 N–H and O–H groups in total. The van der Waals surface area contributed by atoms with Crippen molar-refractivity contribution < 1.29 is 4.79 Å². The zero-order chi connectivity index (χ0) is 23.5. The zero-order valence-corrected chi connectivity index (χ0v) is 19.3. The lowest BCUT2D eigenvalue weighted by molar-refractivity contribution is 0.102. The normalized spacial score (nSPS) is 10.8. The molecule has 166 valence electrons. The molecule has 0 aliphatic carbocycles. The molecule has 0 radical (unpaired) electrons. The molecule has 2 aromatic carbocycles. The standard InChI is InChI=1S/C28H27N3O2/c1-18-11-13-22(14-12-18)17-31-20(3)16-25(32)26(27(31)24-9-5-6-15-29-24)28(33)30-23-10-7-8-19(2)21(23)4/h5-16H,17H2,1-4H3,(H,30,33). The number of nitrogens with zero attached hydrogens (tertiary/aromatic N) is 2. The molecule has 5 nitrogen and oxygen atoms in total. The molecule has 4 aromatic rings. The molecule has 1 amide bonds. The predicted molar refractivity (Wildman–Crippen MR) is 133 cm³/mol. The van der Waals surface area contributed by atoms with Gasteiger partial charge in [-0.15, -0.1) is 0 Å². The molecule has 5 heteroatoms. The van der Waals surface area contributed by atoms with Gasteiger partial charge in [-0.2, -0.15) is 0 Å². The highest BCUT2D eigenvalue weighted by Gasteiger charge is 2.23. The Balaban J connectivity index is 1.89. The molecule has 2 heterocycles. The number of hydrogen-bond acceptors (Lipinski definition) is 3. The number of anilines is 1. The Bertz CT molecular complexity index is 1370. The third-order valence-corrected chi connectivity index (χ3v) is 5.97. The second-order valence-corrected chi connectivity index (χ2v) is 8.36. The maximum Gasteiger partial charge on any atom is 0.261 e. The summed E-state index contributed by atoms with van der Waals surface area (Å²) in [6, 6.07) is 21.0. The maximum absolute atomic E-state index is 13.5. The summed E-state index contributed by atoms with van der Waals surface area (Å²) in [4.78, 5) is 31.2. The molecule has 0 spiro atoms. The van der Waals surface area contributed by atoms with Crippen molar-refractivity contribution in [2.75, 3.05) is 5.32 Å². The number of nitrogens with one attached hydrogen (secondary N) is 1. The Hall–Kier alpha value is -3.99. The van der Waals surface area contributed by atoms with Crippen LogP contribution in [0, 0.1) is 27.7 Å². The Kier molecular flexibility index (Phi) is 6.22. The van der Waals surface area contributed by atoms with Crippen LogP contribution in [0.15, 0.2) is 77.7 Å². The Morgan fingerprint density at radius 1 is 0.939 bits per heavy atom. The van der Waals surface area contributed by atoms with Crippen LogP contribution in [0.1, 0.15) is 38.3 Å². The molecular formula is C28H27N3O2. The number of pyridine rings is 2. The van der Waals surface area contributed by atoms with E-state index in [1.807, 2.05) is 68.7 Å². The van der Waals surface area contributed by atoms with E-state index in [9.17, 15) is 9.59 Å². The molecule has 0 bridgehead atoms. The summed E-state index contributed by atoms with van der Waals surface area (Å²) in [5.74, 6) is -0.438. The highest BCUT2D eigenvalue weighted by Crippen LogP contribution is 2.25. The number of carbonyl (C=O) groups is 1. The highest BCUT2D eigenvalue weighted by atomic mass is 16.2. The number of hydrogen-bond donors (Lipinski definition) is 1. The SMILES string of the molecule is Cc1ccc(Cn2c(C)cc(=O)c(C(=O)Nc3cccc(C)c3C)c2-c2ccccn2)cc1. The van der Waals surface area contributed by atoms with E-state index in [4.69, 9.17) is 0 Å². The molecule has 4 rings (SSSR count). The van der Waals surface area contributed by atoms with Crippen molar-refractivity contribution >= 4 is 11.6 Å². The van der Waals surface area contributed by atoms with Crippen LogP contribution in [0.2, 0.25) is 0 Å². The van der Waals surface area contributed by atoms with Gasteiger partial charge in [-0.1, -0.05) is 48.0 Å². The van der Waals surface area contributed by atoms with Crippen molar-refractivity contribution in [1.82, 2.24) is 9.55 Å². The molecule has 0 unspecified atom stereocenters. The Morgan fingerprint density at radius 2 is 1.70 bits per heavy atom. The fourth-order valence-electron chi connectivity index (χ4n) is 3.91. The minimum atomic E-state index is -0.438. The second kappa shape index (κ2) is 9.25. The van der Waals surface area contributed by atoms with Crippen molar-refractivity contribution in [3.63, 3.8) is 0 Å². The van der Waals surface area contributed by atoms with Crippen LogP contribution in [0.3, 0.4) is 0 Å². The first-order valence-corrected chi connectivity index (χ1v) is 10.9. The first-order valence-electron chi connectivity index (χ1n) is 10.9. The van der Waals surface area contributed by atoms with Crippen LogP contribution >= 0.6 is 0 Å². The van der Waals surface area contributed by atoms with E-state index >= 15 is 0 Å². The average molecular weight is 438 g/mol. The molecule has 0 saturated carbocycles. The predicted octanol–water partition coefficient (Wildman–Crippen LogP) is 5.44. The van der Waals surface area contributed by atoms with Gasteiger partial charge in [0.05, 0.1) is 11.4 Å². The van der Waals surface area contributed by atoms with E-state index < -0.39 is 5.91 Å². The second-order valence-electron chi connectivity index (χ2n) is 8.36. The van der Waals surface area contributed by atoms with Gasteiger partial charge < -0.3 is 9.88 Å². The van der Waals surface area contributed by atoms with Gasteiger partial charge in [-0.3, -0.25) is 14.6 Å². The number of amides is 1. The minimum Gasteiger partial charge on any atom is -0.338 e. The fraction of sp³-hybridized carbons (Fsp3) is 0.179. The fourth-order valence-corrected chi connectivity index (χ4v) is 3.91. The third-order valence-electron chi connectivity index (χ3n) is 5.97. The van der Waals surface area contributed by atoms with Gasteiger partial charge in [0.1, 0.15) is 5.56 Å². The summed E-state index contributed by atoms with van der Waals surface area (Å²) < 4.78 is 1.99. The summed E-state index contributed by atoms with van der Waals surface area (Å²) >= 11 is 0. The number of rotatable bonds is 5. The summed E-state index contributed by atoms with van der Waals surface area (Å²) in [6.45, 7) is 8.39. The lowest BCUT2D eigenvalue weighted by Gasteiger charge is -2.20. The van der Waals surface area contributed by atoms with E-state index in [2.05, 4.69) is 34.6 Å². The molecule has 0 atom stereocenters. The van der Waals surface area contributed by atoms with Crippen molar-refractivity contribution in [1.29, 1.82) is 0 Å². The van der Waals surface area contributed by atoms with Crippen molar-refractivity contribution in [2.45, 2.75) is 34.2 Å². The van der Waals surface area contributed by atoms with Crippen molar-refractivity contribution in [2.24, 2.45) is 0 Å². The number of aromatic nitrogens is 2. The van der Waals surface area contributed by atoms with Gasteiger partial charge in [0.15, 0.2) is 5.43 Å². The Morgan fingerprint density at radius 3 is 2.39 bits per heavy atom. The van der Waals surface area contributed by atoms with Crippen LogP contribution in [0.5, 0.6) is 0 Å². The Labute approximate surface area is 193 Å². The molecule has 0 aliphatic rings. The number of carbonyl (C=O) groups excluding carboxylic acids is 1. The van der Waals surface area contributed by atoms with Crippen LogP contribution in [0.4, 0.5) is 5.69 Å². The van der Waals surface area contributed by atoms with E-state index in [1.165, 1.54) is 11.6 Å².